The van der Waals surface area contributed by atoms with Crippen LogP contribution in [0, 0.1) is 5.92 Å². The molecule has 1 aromatic carbocycles. The molecule has 1 amide bonds. The van der Waals surface area contributed by atoms with Gasteiger partial charge in [-0.1, -0.05) is 18.6 Å². The first kappa shape index (κ1) is 14.2. The summed E-state index contributed by atoms with van der Waals surface area (Å²) in [6, 6.07) is 7.66. The van der Waals surface area contributed by atoms with E-state index in [1.165, 1.54) is 0 Å². The van der Waals surface area contributed by atoms with Gasteiger partial charge >= 0.3 is 0 Å². The summed E-state index contributed by atoms with van der Waals surface area (Å²) in [5.74, 6) is 1.72. The summed E-state index contributed by atoms with van der Waals surface area (Å²) in [6.45, 7) is 0.896. The van der Waals surface area contributed by atoms with Gasteiger partial charge in [0.25, 0.3) is 5.91 Å². The Kier molecular flexibility index (Phi) is 4.01. The standard InChI is InChI=1S/C16H22N2O3/c1-18(12-6-4-5-11(12)9-17)16(19)15-10-20-13-7-2-3-8-14(13)21-15/h2-3,7-8,11-12,15H,4-6,9-10,17H2,1H3. The summed E-state index contributed by atoms with van der Waals surface area (Å²) >= 11 is 0. The molecule has 5 nitrogen and oxygen atoms in total. The van der Waals surface area contributed by atoms with E-state index in [1.54, 1.807) is 0 Å². The van der Waals surface area contributed by atoms with Gasteiger partial charge in [-0.25, -0.2) is 0 Å². The van der Waals surface area contributed by atoms with E-state index >= 15 is 0 Å². The highest BCUT2D eigenvalue weighted by atomic mass is 16.6. The molecular weight excluding hydrogens is 268 g/mol. The van der Waals surface area contributed by atoms with E-state index in [4.69, 9.17) is 15.2 Å². The maximum Gasteiger partial charge on any atom is 0.267 e. The van der Waals surface area contributed by atoms with Gasteiger partial charge in [0.05, 0.1) is 0 Å². The quantitative estimate of drug-likeness (QED) is 0.914. The number of likely N-dealkylation sites (N-methyl/N-ethyl adjacent to an activating group) is 1. The van der Waals surface area contributed by atoms with Crippen molar-refractivity contribution in [3.05, 3.63) is 24.3 Å². The number of nitrogens with zero attached hydrogens (tertiary/aromatic N) is 1. The second-order valence-corrected chi connectivity index (χ2v) is 5.81. The lowest BCUT2D eigenvalue weighted by Gasteiger charge is -2.33. The van der Waals surface area contributed by atoms with Crippen LogP contribution in [0.4, 0.5) is 0 Å². The number of ether oxygens (including phenoxy) is 2. The highest BCUT2D eigenvalue weighted by Gasteiger charge is 2.36. The average Bonchev–Trinajstić information content (AvgIpc) is 3.01. The van der Waals surface area contributed by atoms with Crippen LogP contribution in [0.25, 0.3) is 0 Å². The Balaban J connectivity index is 1.69. The van der Waals surface area contributed by atoms with Crippen molar-refractivity contribution >= 4 is 5.91 Å². The van der Waals surface area contributed by atoms with Crippen LogP contribution in [0.15, 0.2) is 24.3 Å². The van der Waals surface area contributed by atoms with Crippen molar-refractivity contribution in [1.82, 2.24) is 4.90 Å². The number of fused-ring (bicyclic) bond motifs is 1. The highest BCUT2D eigenvalue weighted by Crippen LogP contribution is 2.33. The molecule has 1 heterocycles. The number of rotatable bonds is 3. The predicted octanol–water partition coefficient (Wildman–Crippen LogP) is 1.41. The lowest BCUT2D eigenvalue weighted by molar-refractivity contribution is -0.142. The van der Waals surface area contributed by atoms with E-state index in [0.29, 0.717) is 24.0 Å². The van der Waals surface area contributed by atoms with Gasteiger partial charge in [0.2, 0.25) is 6.10 Å². The fourth-order valence-corrected chi connectivity index (χ4v) is 3.33. The SMILES string of the molecule is CN(C(=O)C1COc2ccccc2O1)C1CCCC1CN. The first-order valence-corrected chi connectivity index (χ1v) is 7.56. The summed E-state index contributed by atoms with van der Waals surface area (Å²) < 4.78 is 11.4. The fraction of sp³-hybridized carbons (Fsp3) is 0.562. The van der Waals surface area contributed by atoms with Gasteiger partial charge < -0.3 is 20.1 Å². The number of benzene rings is 1. The van der Waals surface area contributed by atoms with E-state index in [-0.39, 0.29) is 18.6 Å². The molecule has 2 N–H and O–H groups in total. The van der Waals surface area contributed by atoms with Crippen LogP contribution in [0.5, 0.6) is 11.5 Å². The number of hydrogen-bond donors (Lipinski definition) is 1. The maximum atomic E-state index is 12.6. The molecule has 5 heteroatoms. The number of hydrogen-bond acceptors (Lipinski definition) is 4. The van der Waals surface area contributed by atoms with Gasteiger partial charge in [0.1, 0.15) is 6.61 Å². The molecular formula is C16H22N2O3. The Morgan fingerprint density at radius 1 is 1.33 bits per heavy atom. The van der Waals surface area contributed by atoms with Crippen molar-refractivity contribution in [2.75, 3.05) is 20.2 Å². The largest absolute Gasteiger partial charge is 0.485 e. The first-order valence-electron chi connectivity index (χ1n) is 7.56. The minimum absolute atomic E-state index is 0.0187. The third-order valence-corrected chi connectivity index (χ3v) is 4.55. The van der Waals surface area contributed by atoms with Gasteiger partial charge in [-0.2, -0.15) is 0 Å². The van der Waals surface area contributed by atoms with Crippen LogP contribution >= 0.6 is 0 Å². The topological polar surface area (TPSA) is 64.8 Å². The molecule has 3 atom stereocenters. The van der Waals surface area contributed by atoms with E-state index < -0.39 is 6.10 Å². The molecule has 2 aliphatic rings. The normalized spacial score (nSPS) is 27.4. The highest BCUT2D eigenvalue weighted by molar-refractivity contribution is 5.82. The molecule has 0 radical (unpaired) electrons. The Morgan fingerprint density at radius 3 is 2.86 bits per heavy atom. The van der Waals surface area contributed by atoms with Crippen molar-refractivity contribution in [2.24, 2.45) is 11.7 Å². The van der Waals surface area contributed by atoms with Crippen LogP contribution in [-0.2, 0) is 4.79 Å². The smallest absolute Gasteiger partial charge is 0.267 e. The second kappa shape index (κ2) is 5.93. The van der Waals surface area contributed by atoms with Crippen molar-refractivity contribution in [1.29, 1.82) is 0 Å². The minimum Gasteiger partial charge on any atom is -0.485 e. The zero-order valence-electron chi connectivity index (χ0n) is 12.3. The summed E-state index contributed by atoms with van der Waals surface area (Å²) in [4.78, 5) is 14.4. The summed E-state index contributed by atoms with van der Waals surface area (Å²) in [7, 11) is 1.85. The van der Waals surface area contributed by atoms with E-state index in [0.717, 1.165) is 19.3 Å². The number of carbonyl (C=O) groups is 1. The molecule has 1 fully saturated rings. The molecule has 114 valence electrons. The van der Waals surface area contributed by atoms with Gasteiger partial charge in [-0.05, 0) is 37.4 Å². The van der Waals surface area contributed by atoms with E-state index in [9.17, 15) is 4.79 Å². The molecule has 1 aliphatic heterocycles. The lowest BCUT2D eigenvalue weighted by atomic mass is 10.0. The van der Waals surface area contributed by atoms with Crippen molar-refractivity contribution in [3.8, 4) is 11.5 Å². The van der Waals surface area contributed by atoms with E-state index in [1.807, 2.05) is 36.2 Å². The Labute approximate surface area is 125 Å². The molecule has 3 rings (SSSR count). The lowest BCUT2D eigenvalue weighted by Crippen LogP contribution is -2.50. The predicted molar refractivity (Wildman–Crippen MR) is 79.3 cm³/mol. The molecule has 21 heavy (non-hydrogen) atoms. The molecule has 0 aromatic heterocycles. The van der Waals surface area contributed by atoms with Gasteiger partial charge in [-0.3, -0.25) is 4.79 Å². The molecule has 0 bridgehead atoms. The summed E-state index contributed by atoms with van der Waals surface area (Å²) in [6.07, 6.45) is 2.69. The molecule has 0 saturated heterocycles. The van der Waals surface area contributed by atoms with Crippen molar-refractivity contribution in [2.45, 2.75) is 31.4 Å². The molecule has 0 spiro atoms. The Morgan fingerprint density at radius 2 is 2.10 bits per heavy atom. The third kappa shape index (κ3) is 2.70. The number of amides is 1. The zero-order chi connectivity index (χ0) is 14.8. The van der Waals surface area contributed by atoms with Crippen LogP contribution in [0.2, 0.25) is 0 Å². The van der Waals surface area contributed by atoms with Crippen LogP contribution in [0.3, 0.4) is 0 Å². The second-order valence-electron chi connectivity index (χ2n) is 5.81. The van der Waals surface area contributed by atoms with Crippen LogP contribution < -0.4 is 15.2 Å². The fourth-order valence-electron chi connectivity index (χ4n) is 3.33. The molecule has 1 aromatic rings. The monoisotopic (exact) mass is 290 g/mol. The minimum atomic E-state index is -0.566. The Bertz CT molecular complexity index is 520. The summed E-state index contributed by atoms with van der Waals surface area (Å²) in [5, 5.41) is 0. The Hall–Kier alpha value is -1.75. The third-order valence-electron chi connectivity index (χ3n) is 4.55. The van der Waals surface area contributed by atoms with Crippen molar-refractivity contribution in [3.63, 3.8) is 0 Å². The van der Waals surface area contributed by atoms with Crippen LogP contribution in [0.1, 0.15) is 19.3 Å². The van der Waals surface area contributed by atoms with Gasteiger partial charge in [0, 0.05) is 13.1 Å². The molecule has 1 saturated carbocycles. The summed E-state index contributed by atoms with van der Waals surface area (Å²) in [5.41, 5.74) is 5.81. The number of carbonyl (C=O) groups excluding carboxylic acids is 1. The molecule has 3 unspecified atom stereocenters. The first-order chi connectivity index (χ1) is 10.2. The van der Waals surface area contributed by atoms with Gasteiger partial charge in [0.15, 0.2) is 11.5 Å². The zero-order valence-corrected chi connectivity index (χ0v) is 12.3. The van der Waals surface area contributed by atoms with Crippen LogP contribution in [-0.4, -0.2) is 43.2 Å². The molecule has 1 aliphatic carbocycles. The number of nitrogens with two attached hydrogens (primary N) is 1. The van der Waals surface area contributed by atoms with Gasteiger partial charge in [-0.15, -0.1) is 0 Å². The maximum absolute atomic E-state index is 12.6. The van der Waals surface area contributed by atoms with E-state index in [2.05, 4.69) is 0 Å². The number of para-hydroxylation sites is 2. The average molecular weight is 290 g/mol. The van der Waals surface area contributed by atoms with Crippen molar-refractivity contribution < 1.29 is 14.3 Å².